The summed E-state index contributed by atoms with van der Waals surface area (Å²) >= 11 is 3.26. The summed E-state index contributed by atoms with van der Waals surface area (Å²) in [4.78, 5) is 21.3. The van der Waals surface area contributed by atoms with E-state index in [0.717, 1.165) is 4.47 Å². The summed E-state index contributed by atoms with van der Waals surface area (Å²) in [6.45, 7) is -0.400. The fourth-order valence-corrected chi connectivity index (χ4v) is 1.13. The number of carbonyl (C=O) groups is 2. The van der Waals surface area contributed by atoms with E-state index in [4.69, 9.17) is 5.11 Å². The molecular formula is C9H9BrN2O3. The second-order valence-corrected chi connectivity index (χ2v) is 3.62. The van der Waals surface area contributed by atoms with Gasteiger partial charge in [-0.25, -0.2) is 4.79 Å². The Hall–Kier alpha value is -1.56. The molecule has 0 fully saturated rings. The lowest BCUT2D eigenvalue weighted by molar-refractivity contribution is -0.135. The molecule has 1 aromatic carbocycles. The van der Waals surface area contributed by atoms with E-state index in [-0.39, 0.29) is 0 Å². The molecule has 0 aliphatic rings. The Bertz CT molecular complexity index is 364. The van der Waals surface area contributed by atoms with Crippen molar-refractivity contribution in [2.75, 3.05) is 11.9 Å². The molecule has 0 atom stereocenters. The Morgan fingerprint density at radius 3 is 2.40 bits per heavy atom. The van der Waals surface area contributed by atoms with Gasteiger partial charge in [-0.05, 0) is 24.3 Å². The van der Waals surface area contributed by atoms with Gasteiger partial charge in [-0.3, -0.25) is 4.79 Å². The van der Waals surface area contributed by atoms with E-state index in [1.807, 2.05) is 0 Å². The van der Waals surface area contributed by atoms with Crippen molar-refractivity contribution in [3.63, 3.8) is 0 Å². The molecule has 0 unspecified atom stereocenters. The van der Waals surface area contributed by atoms with Crippen LogP contribution in [0.5, 0.6) is 0 Å². The van der Waals surface area contributed by atoms with Crippen molar-refractivity contribution in [2.45, 2.75) is 0 Å². The number of amides is 2. The molecule has 1 aromatic rings. The number of benzene rings is 1. The van der Waals surface area contributed by atoms with Gasteiger partial charge in [0, 0.05) is 10.2 Å². The molecule has 0 spiro atoms. The van der Waals surface area contributed by atoms with Crippen molar-refractivity contribution < 1.29 is 14.7 Å². The van der Waals surface area contributed by atoms with E-state index in [1.54, 1.807) is 24.3 Å². The molecule has 0 aliphatic heterocycles. The first kappa shape index (κ1) is 11.5. The Kier molecular flexibility index (Phi) is 4.11. The van der Waals surface area contributed by atoms with Crippen LogP contribution < -0.4 is 10.6 Å². The van der Waals surface area contributed by atoms with Crippen LogP contribution in [0.2, 0.25) is 0 Å². The number of halogens is 1. The topological polar surface area (TPSA) is 78.4 Å². The summed E-state index contributed by atoms with van der Waals surface area (Å²) < 4.78 is 0.902. The van der Waals surface area contributed by atoms with E-state index in [2.05, 4.69) is 26.6 Å². The molecule has 80 valence electrons. The zero-order valence-corrected chi connectivity index (χ0v) is 9.24. The van der Waals surface area contributed by atoms with Crippen LogP contribution >= 0.6 is 15.9 Å². The average molecular weight is 273 g/mol. The summed E-state index contributed by atoms with van der Waals surface area (Å²) in [5.41, 5.74) is 0.598. The summed E-state index contributed by atoms with van der Waals surface area (Å²) in [6, 6.07) is 6.40. The van der Waals surface area contributed by atoms with Crippen molar-refractivity contribution in [1.29, 1.82) is 0 Å². The smallest absolute Gasteiger partial charge is 0.323 e. The number of anilines is 1. The number of carboxylic acids is 1. The fraction of sp³-hybridized carbons (Fsp3) is 0.111. The molecule has 0 heterocycles. The number of nitrogens with one attached hydrogen (secondary N) is 2. The maximum atomic E-state index is 11.1. The monoisotopic (exact) mass is 272 g/mol. The minimum absolute atomic E-state index is 0.400. The van der Waals surface area contributed by atoms with Gasteiger partial charge in [-0.1, -0.05) is 15.9 Å². The maximum absolute atomic E-state index is 11.1. The van der Waals surface area contributed by atoms with Crippen molar-refractivity contribution in [1.82, 2.24) is 5.32 Å². The Balaban J connectivity index is 2.44. The Morgan fingerprint density at radius 1 is 1.27 bits per heavy atom. The second kappa shape index (κ2) is 5.35. The summed E-state index contributed by atoms with van der Waals surface area (Å²) in [5, 5.41) is 13.0. The van der Waals surface area contributed by atoms with Crippen LogP contribution in [0.3, 0.4) is 0 Å². The third kappa shape index (κ3) is 4.46. The van der Waals surface area contributed by atoms with Crippen molar-refractivity contribution in [3.8, 4) is 0 Å². The molecule has 6 heteroatoms. The Morgan fingerprint density at radius 2 is 1.87 bits per heavy atom. The minimum atomic E-state index is -1.08. The first-order valence-electron chi connectivity index (χ1n) is 4.10. The van der Waals surface area contributed by atoms with Crippen molar-refractivity contribution >= 4 is 33.6 Å². The van der Waals surface area contributed by atoms with Gasteiger partial charge in [0.2, 0.25) is 0 Å². The first-order chi connectivity index (χ1) is 7.08. The number of urea groups is 1. The van der Waals surface area contributed by atoms with Crippen LogP contribution in [0.1, 0.15) is 0 Å². The molecule has 3 N–H and O–H groups in total. The highest BCUT2D eigenvalue weighted by Crippen LogP contribution is 2.13. The predicted octanol–water partition coefficient (Wildman–Crippen LogP) is 1.66. The third-order valence-electron chi connectivity index (χ3n) is 1.50. The van der Waals surface area contributed by atoms with E-state index in [9.17, 15) is 9.59 Å². The molecule has 2 amide bonds. The van der Waals surface area contributed by atoms with E-state index in [0.29, 0.717) is 5.69 Å². The summed E-state index contributed by atoms with van der Waals surface area (Å²) in [5.74, 6) is -1.08. The molecule has 0 saturated carbocycles. The van der Waals surface area contributed by atoms with Gasteiger partial charge in [0.1, 0.15) is 6.54 Å². The quantitative estimate of drug-likeness (QED) is 0.783. The molecule has 0 bridgehead atoms. The van der Waals surface area contributed by atoms with E-state index < -0.39 is 18.5 Å². The molecular weight excluding hydrogens is 264 g/mol. The lowest BCUT2D eigenvalue weighted by Gasteiger charge is -2.05. The molecule has 1 rings (SSSR count). The molecule has 0 saturated heterocycles. The van der Waals surface area contributed by atoms with Gasteiger partial charge < -0.3 is 15.7 Å². The van der Waals surface area contributed by atoms with Gasteiger partial charge in [-0.15, -0.1) is 0 Å². The summed E-state index contributed by atoms with van der Waals surface area (Å²) in [6.07, 6.45) is 0. The first-order valence-corrected chi connectivity index (χ1v) is 4.89. The number of carbonyl (C=O) groups excluding carboxylic acids is 1. The van der Waals surface area contributed by atoms with Crippen molar-refractivity contribution in [3.05, 3.63) is 28.7 Å². The number of hydrogen-bond acceptors (Lipinski definition) is 2. The number of hydrogen-bond donors (Lipinski definition) is 3. The Labute approximate surface area is 94.6 Å². The zero-order chi connectivity index (χ0) is 11.3. The molecule has 0 aliphatic carbocycles. The van der Waals surface area contributed by atoms with Crippen LogP contribution in [0.4, 0.5) is 10.5 Å². The molecule has 0 aromatic heterocycles. The number of rotatable bonds is 3. The van der Waals surface area contributed by atoms with Crippen LogP contribution in [-0.2, 0) is 4.79 Å². The lowest BCUT2D eigenvalue weighted by atomic mass is 10.3. The normalized spacial score (nSPS) is 9.40. The van der Waals surface area contributed by atoms with E-state index >= 15 is 0 Å². The maximum Gasteiger partial charge on any atom is 0.323 e. The van der Waals surface area contributed by atoms with Crippen LogP contribution in [0.15, 0.2) is 28.7 Å². The van der Waals surface area contributed by atoms with Crippen LogP contribution in [-0.4, -0.2) is 23.7 Å². The predicted molar refractivity (Wildman–Crippen MR) is 58.8 cm³/mol. The third-order valence-corrected chi connectivity index (χ3v) is 2.03. The largest absolute Gasteiger partial charge is 0.480 e. The highest BCUT2D eigenvalue weighted by Gasteiger charge is 2.03. The fourth-order valence-electron chi connectivity index (χ4n) is 0.864. The standard InChI is InChI=1S/C9H9BrN2O3/c10-6-1-3-7(4-2-6)12-9(15)11-5-8(13)14/h1-4H,5H2,(H,13,14)(H2,11,12,15). The van der Waals surface area contributed by atoms with Gasteiger partial charge in [0.05, 0.1) is 0 Å². The van der Waals surface area contributed by atoms with E-state index in [1.165, 1.54) is 0 Å². The SMILES string of the molecule is O=C(O)CNC(=O)Nc1ccc(Br)cc1. The van der Waals surface area contributed by atoms with Crippen molar-refractivity contribution in [2.24, 2.45) is 0 Å². The average Bonchev–Trinajstić information content (AvgIpc) is 2.19. The van der Waals surface area contributed by atoms with Gasteiger partial charge in [0.25, 0.3) is 0 Å². The second-order valence-electron chi connectivity index (χ2n) is 2.71. The summed E-state index contributed by atoms with van der Waals surface area (Å²) in [7, 11) is 0. The lowest BCUT2D eigenvalue weighted by Crippen LogP contribution is -2.33. The minimum Gasteiger partial charge on any atom is -0.480 e. The number of carboxylic acid groups (broad SMARTS) is 1. The van der Waals surface area contributed by atoms with Crippen LogP contribution in [0.25, 0.3) is 0 Å². The zero-order valence-electron chi connectivity index (χ0n) is 7.66. The van der Waals surface area contributed by atoms with Crippen LogP contribution in [0, 0.1) is 0 Å². The molecule has 15 heavy (non-hydrogen) atoms. The highest BCUT2D eigenvalue weighted by atomic mass is 79.9. The highest BCUT2D eigenvalue weighted by molar-refractivity contribution is 9.10. The van der Waals surface area contributed by atoms with Gasteiger partial charge in [-0.2, -0.15) is 0 Å². The molecule has 0 radical (unpaired) electrons. The van der Waals surface area contributed by atoms with Gasteiger partial charge >= 0.3 is 12.0 Å². The van der Waals surface area contributed by atoms with Gasteiger partial charge in [0.15, 0.2) is 0 Å². The number of aliphatic carboxylic acids is 1. The molecule has 5 nitrogen and oxygen atoms in total.